The number of carbonyl (C=O) groups is 3. The molecular weight excluding hydrogens is 406 g/mol. The Labute approximate surface area is 184 Å². The van der Waals surface area contributed by atoms with Gasteiger partial charge in [0.2, 0.25) is 5.78 Å². The van der Waals surface area contributed by atoms with E-state index in [-0.39, 0.29) is 12.2 Å². The van der Waals surface area contributed by atoms with E-state index in [9.17, 15) is 14.4 Å². The standard InChI is InChI=1S/C26H21NO5/c28-22(24-16-20-13-7-8-14-23(20)32-24)17-31-26(30)21(15-18-9-3-1-4-10-18)27-25(29)19-11-5-2-6-12-19/h1-14,16,21H,15,17H2,(H,27,29). The summed E-state index contributed by atoms with van der Waals surface area (Å²) in [4.78, 5) is 37.9. The molecule has 0 aliphatic rings. The molecule has 1 N–H and O–H groups in total. The van der Waals surface area contributed by atoms with Gasteiger partial charge in [0.25, 0.3) is 5.91 Å². The molecule has 0 spiro atoms. The quantitative estimate of drug-likeness (QED) is 0.336. The number of ether oxygens (including phenoxy) is 1. The van der Waals surface area contributed by atoms with Crippen molar-refractivity contribution in [2.45, 2.75) is 12.5 Å². The first-order chi connectivity index (χ1) is 15.6. The Hall–Kier alpha value is -4.19. The fourth-order valence-electron chi connectivity index (χ4n) is 3.30. The molecule has 0 bridgehead atoms. The van der Waals surface area contributed by atoms with Crippen LogP contribution < -0.4 is 5.32 Å². The van der Waals surface area contributed by atoms with Crippen molar-refractivity contribution < 1.29 is 23.5 Å². The Morgan fingerprint density at radius 3 is 2.22 bits per heavy atom. The molecule has 32 heavy (non-hydrogen) atoms. The predicted octanol–water partition coefficient (Wildman–Crippen LogP) is 4.20. The van der Waals surface area contributed by atoms with Crippen LogP contribution in [0, 0.1) is 0 Å². The SMILES string of the molecule is O=C(NC(Cc1ccccc1)C(=O)OCC(=O)c1cc2ccccc2o1)c1ccccc1. The number of para-hydroxylation sites is 1. The third-order valence-electron chi connectivity index (χ3n) is 4.95. The number of rotatable bonds is 8. The van der Waals surface area contributed by atoms with Crippen LogP contribution in [0.5, 0.6) is 0 Å². The third-order valence-corrected chi connectivity index (χ3v) is 4.95. The first kappa shape index (κ1) is 21.1. The normalized spacial score (nSPS) is 11.6. The molecule has 0 fully saturated rings. The van der Waals surface area contributed by atoms with Crippen LogP contribution in [0.2, 0.25) is 0 Å². The number of benzene rings is 3. The highest BCUT2D eigenvalue weighted by atomic mass is 16.5. The zero-order valence-electron chi connectivity index (χ0n) is 17.2. The maximum Gasteiger partial charge on any atom is 0.329 e. The lowest BCUT2D eigenvalue weighted by molar-refractivity contribution is -0.144. The monoisotopic (exact) mass is 427 g/mol. The molecule has 0 radical (unpaired) electrons. The summed E-state index contributed by atoms with van der Waals surface area (Å²) in [6.45, 7) is -0.481. The second kappa shape index (κ2) is 9.75. The molecule has 1 unspecified atom stereocenters. The van der Waals surface area contributed by atoms with Crippen molar-refractivity contribution in [3.8, 4) is 0 Å². The molecule has 1 amide bonds. The van der Waals surface area contributed by atoms with Crippen molar-refractivity contribution in [1.82, 2.24) is 5.32 Å². The fraction of sp³-hybridized carbons (Fsp3) is 0.115. The van der Waals surface area contributed by atoms with Crippen molar-refractivity contribution in [3.63, 3.8) is 0 Å². The molecule has 0 saturated carbocycles. The maximum absolute atomic E-state index is 12.8. The Morgan fingerprint density at radius 1 is 0.844 bits per heavy atom. The van der Waals surface area contributed by atoms with Crippen LogP contribution in [-0.2, 0) is 16.0 Å². The minimum absolute atomic E-state index is 0.118. The van der Waals surface area contributed by atoms with Crippen LogP contribution in [0.3, 0.4) is 0 Å². The van der Waals surface area contributed by atoms with Gasteiger partial charge in [0.05, 0.1) is 0 Å². The maximum atomic E-state index is 12.8. The molecule has 1 atom stereocenters. The van der Waals surface area contributed by atoms with Crippen molar-refractivity contribution in [2.24, 2.45) is 0 Å². The Bertz CT molecular complexity index is 1200. The topological polar surface area (TPSA) is 85.6 Å². The molecular formula is C26H21NO5. The van der Waals surface area contributed by atoms with Gasteiger partial charge in [0.15, 0.2) is 12.4 Å². The number of carbonyl (C=O) groups excluding carboxylic acids is 3. The summed E-state index contributed by atoms with van der Waals surface area (Å²) in [6, 6.07) is 25.8. The molecule has 4 rings (SSSR count). The van der Waals surface area contributed by atoms with Crippen LogP contribution in [0.4, 0.5) is 0 Å². The van der Waals surface area contributed by atoms with E-state index in [0.29, 0.717) is 11.1 Å². The molecule has 4 aromatic rings. The van der Waals surface area contributed by atoms with E-state index < -0.39 is 30.3 Å². The summed E-state index contributed by atoms with van der Waals surface area (Å²) in [7, 11) is 0. The summed E-state index contributed by atoms with van der Waals surface area (Å²) in [5, 5.41) is 3.51. The molecule has 1 heterocycles. The average Bonchev–Trinajstić information content (AvgIpc) is 3.27. The molecule has 6 nitrogen and oxygen atoms in total. The molecule has 0 aliphatic carbocycles. The van der Waals surface area contributed by atoms with E-state index in [2.05, 4.69) is 5.32 Å². The molecule has 0 saturated heterocycles. The average molecular weight is 427 g/mol. The summed E-state index contributed by atoms with van der Waals surface area (Å²) >= 11 is 0. The molecule has 0 aliphatic heterocycles. The summed E-state index contributed by atoms with van der Waals surface area (Å²) < 4.78 is 10.8. The van der Waals surface area contributed by atoms with Gasteiger partial charge in [0, 0.05) is 17.4 Å². The number of esters is 1. The van der Waals surface area contributed by atoms with Gasteiger partial charge in [-0.25, -0.2) is 4.79 Å². The second-order valence-electron chi connectivity index (χ2n) is 7.26. The van der Waals surface area contributed by atoms with Crippen molar-refractivity contribution in [1.29, 1.82) is 0 Å². The molecule has 1 aromatic heterocycles. The number of fused-ring (bicyclic) bond motifs is 1. The number of furan rings is 1. The van der Waals surface area contributed by atoms with Gasteiger partial charge in [-0.1, -0.05) is 66.7 Å². The van der Waals surface area contributed by atoms with E-state index in [1.807, 2.05) is 48.5 Å². The van der Waals surface area contributed by atoms with Gasteiger partial charge in [-0.3, -0.25) is 9.59 Å². The lowest BCUT2D eigenvalue weighted by Gasteiger charge is -2.17. The number of amides is 1. The minimum Gasteiger partial charge on any atom is -0.456 e. The van der Waals surface area contributed by atoms with E-state index in [4.69, 9.17) is 9.15 Å². The van der Waals surface area contributed by atoms with Crippen molar-refractivity contribution >= 4 is 28.6 Å². The lowest BCUT2D eigenvalue weighted by atomic mass is 10.1. The largest absolute Gasteiger partial charge is 0.456 e. The number of nitrogens with one attached hydrogen (secondary N) is 1. The van der Waals surface area contributed by atoms with E-state index in [0.717, 1.165) is 10.9 Å². The van der Waals surface area contributed by atoms with Gasteiger partial charge >= 0.3 is 5.97 Å². The summed E-state index contributed by atoms with van der Waals surface area (Å²) in [6.07, 6.45) is 0.233. The highest BCUT2D eigenvalue weighted by molar-refractivity contribution is 6.00. The first-order valence-electron chi connectivity index (χ1n) is 10.2. The van der Waals surface area contributed by atoms with Crippen LogP contribution in [0.1, 0.15) is 26.5 Å². The smallest absolute Gasteiger partial charge is 0.329 e. The van der Waals surface area contributed by atoms with Crippen molar-refractivity contribution in [2.75, 3.05) is 6.61 Å². The van der Waals surface area contributed by atoms with Crippen LogP contribution in [0.15, 0.2) is 95.4 Å². The first-order valence-corrected chi connectivity index (χ1v) is 10.2. The number of Topliss-reactive ketones (excluding diaryl/α,β-unsaturated/α-hetero) is 1. The predicted molar refractivity (Wildman–Crippen MR) is 119 cm³/mol. The van der Waals surface area contributed by atoms with Gasteiger partial charge in [-0.15, -0.1) is 0 Å². The van der Waals surface area contributed by atoms with E-state index in [1.54, 1.807) is 42.5 Å². The summed E-state index contributed by atoms with van der Waals surface area (Å²) in [5.74, 6) is -1.43. The zero-order chi connectivity index (χ0) is 22.3. The van der Waals surface area contributed by atoms with Gasteiger partial charge in [-0.2, -0.15) is 0 Å². The highest BCUT2D eigenvalue weighted by Crippen LogP contribution is 2.19. The van der Waals surface area contributed by atoms with E-state index in [1.165, 1.54) is 0 Å². The molecule has 160 valence electrons. The van der Waals surface area contributed by atoms with Crippen molar-refractivity contribution in [3.05, 3.63) is 108 Å². The third kappa shape index (κ3) is 5.10. The highest BCUT2D eigenvalue weighted by Gasteiger charge is 2.25. The Balaban J connectivity index is 1.45. The fourth-order valence-corrected chi connectivity index (χ4v) is 3.30. The molecule has 3 aromatic carbocycles. The Kier molecular flexibility index (Phi) is 6.41. The number of hydrogen-bond acceptors (Lipinski definition) is 5. The van der Waals surface area contributed by atoms with Gasteiger partial charge < -0.3 is 14.5 Å². The number of ketones is 1. The van der Waals surface area contributed by atoms with Crippen LogP contribution >= 0.6 is 0 Å². The van der Waals surface area contributed by atoms with Crippen LogP contribution in [0.25, 0.3) is 11.0 Å². The van der Waals surface area contributed by atoms with Crippen LogP contribution in [-0.4, -0.2) is 30.3 Å². The minimum atomic E-state index is -0.950. The number of hydrogen-bond donors (Lipinski definition) is 1. The van der Waals surface area contributed by atoms with E-state index >= 15 is 0 Å². The molecule has 6 heteroatoms. The lowest BCUT2D eigenvalue weighted by Crippen LogP contribution is -2.43. The van der Waals surface area contributed by atoms with Gasteiger partial charge in [-0.05, 0) is 29.8 Å². The zero-order valence-corrected chi connectivity index (χ0v) is 17.2. The van der Waals surface area contributed by atoms with Gasteiger partial charge in [0.1, 0.15) is 11.6 Å². The Morgan fingerprint density at radius 2 is 1.50 bits per heavy atom. The second-order valence-corrected chi connectivity index (χ2v) is 7.26. The summed E-state index contributed by atoms with van der Waals surface area (Å²) in [5.41, 5.74) is 1.86.